The Morgan fingerprint density at radius 3 is 1.50 bits per heavy atom. The van der Waals surface area contributed by atoms with Gasteiger partial charge in [-0.05, 0) is 19.9 Å². The van der Waals surface area contributed by atoms with E-state index in [4.69, 9.17) is 0 Å². The summed E-state index contributed by atoms with van der Waals surface area (Å²) < 4.78 is 0. The Morgan fingerprint density at radius 1 is 1.12 bits per heavy atom. The van der Waals surface area contributed by atoms with E-state index in [-0.39, 0.29) is 12.4 Å². The number of hydrogen-bond donors (Lipinski definition) is 1. The van der Waals surface area contributed by atoms with Gasteiger partial charge in [-0.2, -0.15) is 0 Å². The summed E-state index contributed by atoms with van der Waals surface area (Å²) in [6, 6.07) is 0.653. The molecule has 52 valence electrons. The van der Waals surface area contributed by atoms with Crippen molar-refractivity contribution in [2.24, 2.45) is 5.92 Å². The fourth-order valence-electron chi connectivity index (χ4n) is 0.333. The predicted molar refractivity (Wildman–Crippen MR) is 40.6 cm³/mol. The Morgan fingerprint density at radius 2 is 1.50 bits per heavy atom. The lowest BCUT2D eigenvalue weighted by Gasteiger charge is -2.12. The highest BCUT2D eigenvalue weighted by Gasteiger charge is 2.00. The summed E-state index contributed by atoms with van der Waals surface area (Å²) in [7, 11) is 1.99. The molecular formula is C6H16ClN. The zero-order chi connectivity index (χ0) is 5.86. The third-order valence-electron chi connectivity index (χ3n) is 1.46. The van der Waals surface area contributed by atoms with E-state index in [9.17, 15) is 0 Å². The van der Waals surface area contributed by atoms with Crippen LogP contribution in [0.3, 0.4) is 0 Å². The fraction of sp³-hybridized carbons (Fsp3) is 1.00. The van der Waals surface area contributed by atoms with Crippen LogP contribution in [0.25, 0.3) is 0 Å². The average molecular weight is 138 g/mol. The summed E-state index contributed by atoms with van der Waals surface area (Å²) in [5, 5.41) is 3.16. The van der Waals surface area contributed by atoms with E-state index < -0.39 is 0 Å². The van der Waals surface area contributed by atoms with Gasteiger partial charge < -0.3 is 5.32 Å². The molecule has 1 N–H and O–H groups in total. The maximum absolute atomic E-state index is 3.16. The van der Waals surface area contributed by atoms with Crippen LogP contribution in [0.2, 0.25) is 0 Å². The molecule has 0 heterocycles. The molecule has 8 heavy (non-hydrogen) atoms. The predicted octanol–water partition coefficient (Wildman–Crippen LogP) is 1.67. The summed E-state index contributed by atoms with van der Waals surface area (Å²) in [5.74, 6) is 0.755. The van der Waals surface area contributed by atoms with Gasteiger partial charge in [0.05, 0.1) is 0 Å². The molecule has 2 heteroatoms. The van der Waals surface area contributed by atoms with Crippen LogP contribution >= 0.6 is 12.4 Å². The Balaban J connectivity index is 0. The van der Waals surface area contributed by atoms with Crippen molar-refractivity contribution in [3.63, 3.8) is 0 Å². The van der Waals surface area contributed by atoms with Crippen LogP contribution in [0.1, 0.15) is 20.8 Å². The molecule has 0 saturated carbocycles. The van der Waals surface area contributed by atoms with Crippen molar-refractivity contribution < 1.29 is 0 Å². The second kappa shape index (κ2) is 5.39. The van der Waals surface area contributed by atoms with Gasteiger partial charge in [-0.3, -0.25) is 0 Å². The van der Waals surface area contributed by atoms with Gasteiger partial charge in [0.15, 0.2) is 0 Å². The van der Waals surface area contributed by atoms with Crippen LogP contribution < -0.4 is 5.32 Å². The second-order valence-corrected chi connectivity index (χ2v) is 2.32. The molecule has 0 bridgehead atoms. The van der Waals surface area contributed by atoms with Crippen LogP contribution in [-0.2, 0) is 0 Å². The van der Waals surface area contributed by atoms with E-state index in [1.165, 1.54) is 0 Å². The third-order valence-corrected chi connectivity index (χ3v) is 1.46. The van der Waals surface area contributed by atoms with Crippen LogP contribution in [0.15, 0.2) is 0 Å². The lowest BCUT2D eigenvalue weighted by atomic mass is 10.1. The number of rotatable bonds is 2. The minimum atomic E-state index is 0. The molecule has 0 aliphatic rings. The normalized spacial score (nSPS) is 13.1. The van der Waals surface area contributed by atoms with E-state index >= 15 is 0 Å². The van der Waals surface area contributed by atoms with Crippen LogP contribution in [0.5, 0.6) is 0 Å². The second-order valence-electron chi connectivity index (χ2n) is 2.32. The highest BCUT2D eigenvalue weighted by Crippen LogP contribution is 1.96. The molecule has 1 nitrogen and oxygen atoms in total. The van der Waals surface area contributed by atoms with E-state index in [0.29, 0.717) is 6.04 Å². The standard InChI is InChI=1S/C6H15N.ClH/c1-5(2)6(3)7-4;/h5-7H,1-4H3;1H. The molecule has 0 fully saturated rings. The van der Waals surface area contributed by atoms with Gasteiger partial charge in [-0.1, -0.05) is 13.8 Å². The first-order valence-electron chi connectivity index (χ1n) is 2.85. The van der Waals surface area contributed by atoms with Crippen LogP contribution in [-0.4, -0.2) is 13.1 Å². The van der Waals surface area contributed by atoms with Gasteiger partial charge in [0.2, 0.25) is 0 Å². The summed E-state index contributed by atoms with van der Waals surface area (Å²) in [5.41, 5.74) is 0. The van der Waals surface area contributed by atoms with E-state index in [1.807, 2.05) is 7.05 Å². The van der Waals surface area contributed by atoms with Gasteiger partial charge in [0.25, 0.3) is 0 Å². The van der Waals surface area contributed by atoms with Crippen molar-refractivity contribution in [3.05, 3.63) is 0 Å². The zero-order valence-corrected chi connectivity index (χ0v) is 6.88. The molecule has 0 aromatic carbocycles. The van der Waals surface area contributed by atoms with E-state index in [0.717, 1.165) is 5.92 Å². The third kappa shape index (κ3) is 4.41. The molecule has 0 saturated heterocycles. The van der Waals surface area contributed by atoms with Gasteiger partial charge in [-0.15, -0.1) is 12.4 Å². The van der Waals surface area contributed by atoms with Crippen molar-refractivity contribution in [1.82, 2.24) is 5.32 Å². The summed E-state index contributed by atoms with van der Waals surface area (Å²) >= 11 is 0. The highest BCUT2D eigenvalue weighted by molar-refractivity contribution is 5.85. The molecule has 0 aromatic heterocycles. The topological polar surface area (TPSA) is 12.0 Å². The summed E-state index contributed by atoms with van der Waals surface area (Å²) in [6.07, 6.45) is 0. The lowest BCUT2D eigenvalue weighted by Crippen LogP contribution is -2.26. The monoisotopic (exact) mass is 137 g/mol. The molecular weight excluding hydrogens is 122 g/mol. The Bertz CT molecular complexity index is 45.8. The zero-order valence-electron chi connectivity index (χ0n) is 6.06. The first-order valence-corrected chi connectivity index (χ1v) is 2.85. The summed E-state index contributed by atoms with van der Waals surface area (Å²) in [4.78, 5) is 0. The van der Waals surface area contributed by atoms with Crippen molar-refractivity contribution in [3.8, 4) is 0 Å². The molecule has 0 aliphatic carbocycles. The number of halogens is 1. The van der Waals surface area contributed by atoms with Crippen LogP contribution in [0, 0.1) is 5.92 Å². The van der Waals surface area contributed by atoms with Crippen molar-refractivity contribution in [1.29, 1.82) is 0 Å². The Labute approximate surface area is 58.3 Å². The molecule has 0 aromatic rings. The Kier molecular flexibility index (Phi) is 7.48. The van der Waals surface area contributed by atoms with E-state index in [1.54, 1.807) is 0 Å². The fourth-order valence-corrected chi connectivity index (χ4v) is 0.333. The minimum Gasteiger partial charge on any atom is -0.317 e. The largest absolute Gasteiger partial charge is 0.317 e. The van der Waals surface area contributed by atoms with Crippen LogP contribution in [0.4, 0.5) is 0 Å². The number of nitrogens with one attached hydrogen (secondary N) is 1. The average Bonchev–Trinajstić information content (AvgIpc) is 1.65. The molecule has 0 aliphatic heterocycles. The van der Waals surface area contributed by atoms with Crippen molar-refractivity contribution >= 4 is 12.4 Å². The van der Waals surface area contributed by atoms with Gasteiger partial charge in [0, 0.05) is 6.04 Å². The molecule has 0 rings (SSSR count). The van der Waals surface area contributed by atoms with Crippen molar-refractivity contribution in [2.75, 3.05) is 7.05 Å². The minimum absolute atomic E-state index is 0. The highest BCUT2D eigenvalue weighted by atomic mass is 35.5. The lowest BCUT2D eigenvalue weighted by molar-refractivity contribution is 0.459. The maximum atomic E-state index is 3.16. The van der Waals surface area contributed by atoms with Gasteiger partial charge in [0.1, 0.15) is 0 Å². The summed E-state index contributed by atoms with van der Waals surface area (Å²) in [6.45, 7) is 6.60. The van der Waals surface area contributed by atoms with Gasteiger partial charge in [-0.25, -0.2) is 0 Å². The molecule has 1 unspecified atom stereocenters. The van der Waals surface area contributed by atoms with Gasteiger partial charge >= 0.3 is 0 Å². The molecule has 1 atom stereocenters. The molecule has 0 spiro atoms. The first-order chi connectivity index (χ1) is 3.18. The van der Waals surface area contributed by atoms with E-state index in [2.05, 4.69) is 26.1 Å². The maximum Gasteiger partial charge on any atom is 0.00587 e. The van der Waals surface area contributed by atoms with Crippen molar-refractivity contribution in [2.45, 2.75) is 26.8 Å². The first kappa shape index (κ1) is 11.1. The quantitative estimate of drug-likeness (QED) is 0.611. The number of hydrogen-bond acceptors (Lipinski definition) is 1. The smallest absolute Gasteiger partial charge is 0.00587 e. The SMILES string of the molecule is CNC(C)C(C)C.Cl. The Hall–Kier alpha value is 0.250. The molecule has 0 radical (unpaired) electrons. The molecule has 0 amide bonds.